The normalized spacial score (nSPS) is 23.0. The number of aromatic amines is 1. The van der Waals surface area contributed by atoms with Gasteiger partial charge in [-0.05, 0) is 106 Å². The van der Waals surface area contributed by atoms with E-state index >= 15 is 8.78 Å². The molecule has 30 heteroatoms. The van der Waals surface area contributed by atoms with Gasteiger partial charge in [0.2, 0.25) is 11.8 Å². The number of amides is 2. The molecule has 2 unspecified atom stereocenters. The zero-order valence-electron chi connectivity index (χ0n) is 49.7. The van der Waals surface area contributed by atoms with Crippen molar-refractivity contribution in [3.05, 3.63) is 88.6 Å². The van der Waals surface area contributed by atoms with Crippen LogP contribution in [0.25, 0.3) is 52.9 Å². The number of likely N-dealkylation sites (tertiary alicyclic amines) is 2. The summed E-state index contributed by atoms with van der Waals surface area (Å²) < 4.78 is 101. The lowest BCUT2D eigenvalue weighted by molar-refractivity contribution is -0.142. The van der Waals surface area contributed by atoms with Gasteiger partial charge in [0.05, 0.1) is 79.0 Å². The number of thiophene rings is 1. The van der Waals surface area contributed by atoms with Crippen molar-refractivity contribution in [1.29, 1.82) is 0 Å². The molecule has 6 aromatic heterocycles. The summed E-state index contributed by atoms with van der Waals surface area (Å²) in [6.45, 7) is 8.36. The Morgan fingerprint density at radius 3 is 2.41 bits per heavy atom. The number of H-pyrrole nitrogens is 1. The van der Waals surface area contributed by atoms with Crippen LogP contribution < -0.4 is 20.3 Å². The number of aryl methyl sites for hydroxylation is 3. The van der Waals surface area contributed by atoms with Gasteiger partial charge >= 0.3 is 20.0 Å². The van der Waals surface area contributed by atoms with E-state index < -0.39 is 73.6 Å². The Balaban J connectivity index is 0.658. The number of aromatic nitrogens is 9. The van der Waals surface area contributed by atoms with Crippen molar-refractivity contribution in [1.82, 2.24) is 65.6 Å². The van der Waals surface area contributed by atoms with E-state index in [1.54, 1.807) is 29.9 Å². The minimum absolute atomic E-state index is 0.0145. The zero-order chi connectivity index (χ0) is 63.2. The number of piperidine rings is 1. The van der Waals surface area contributed by atoms with Crippen LogP contribution in [-0.4, -0.2) is 164 Å². The summed E-state index contributed by atoms with van der Waals surface area (Å²) >= 11 is 2.63. The number of fused-ring (bicyclic) bond motifs is 6. The summed E-state index contributed by atoms with van der Waals surface area (Å²) in [5, 5.41) is 34.6. The number of hydrogen-bond donors (Lipinski definition) is 6. The summed E-state index contributed by atoms with van der Waals surface area (Å²) in [7, 11) is -4.95. The first-order valence-electron chi connectivity index (χ1n) is 30.2. The topological polar surface area (TPSA) is 275 Å². The highest BCUT2D eigenvalue weighted by Crippen LogP contribution is 2.61. The Morgan fingerprint density at radius 2 is 1.73 bits per heavy atom. The van der Waals surface area contributed by atoms with Crippen LogP contribution in [0.5, 0.6) is 6.01 Å². The zero-order valence-corrected chi connectivity index (χ0v) is 52.2. The van der Waals surface area contributed by atoms with Crippen molar-refractivity contribution in [3.8, 4) is 27.7 Å². The lowest BCUT2D eigenvalue weighted by atomic mass is 9.91. The number of aliphatic hydroxyl groups is 1. The van der Waals surface area contributed by atoms with E-state index in [4.69, 9.17) is 19.2 Å². The first kappa shape index (κ1) is 62.1. The van der Waals surface area contributed by atoms with E-state index in [2.05, 4.69) is 50.9 Å². The van der Waals surface area contributed by atoms with Crippen LogP contribution in [-0.2, 0) is 31.3 Å². The highest BCUT2D eigenvalue weighted by Gasteiger charge is 2.72. The Bertz CT molecular complexity index is 4050. The van der Waals surface area contributed by atoms with Gasteiger partial charge in [-0.25, -0.2) is 23.0 Å². The van der Waals surface area contributed by atoms with Crippen molar-refractivity contribution in [2.24, 2.45) is 17.3 Å². The predicted molar refractivity (Wildman–Crippen MR) is 326 cm³/mol. The SMILES string of the molecule is Cc1cc2[nH]ncc2c(-c2nccc3c2sc2nc(OC[C@]4(CN5CCC(CCc6cn([C@H](C(=O)N7C[C@H](O)C[C@H]7C(=O)N[C@@H](COP(=O)(O)O)c7ccc(-c8scnc8C)cc7)C(C)C)nn6)CC5)CC4(F)F)nc(N4CC5CCC(C4)N5)c23)c1C(F)(F)F. The Kier molecular flexibility index (Phi) is 16.6. The highest BCUT2D eigenvalue weighted by molar-refractivity contribution is 7.46. The number of rotatable bonds is 20. The van der Waals surface area contributed by atoms with Gasteiger partial charge in [0.15, 0.2) is 0 Å². The van der Waals surface area contributed by atoms with E-state index in [1.807, 2.05) is 32.9 Å². The number of β-amino-alcohol motifs (C(OH)–C–C–N with tert-alkyl or cyclic N) is 1. The molecule has 7 atom stereocenters. The maximum absolute atomic E-state index is 15.8. The monoisotopic (exact) mass is 1300 g/mol. The van der Waals surface area contributed by atoms with E-state index in [0.717, 1.165) is 48.2 Å². The molecule has 5 aliphatic rings. The third-order valence-corrected chi connectivity index (χ3v) is 21.1. The van der Waals surface area contributed by atoms with Crippen molar-refractivity contribution in [2.75, 3.05) is 57.4 Å². The number of carbonyl (C=O) groups excluding carboxylic acids is 2. The van der Waals surface area contributed by atoms with Gasteiger partial charge in [0.1, 0.15) is 29.3 Å². The molecule has 1 aliphatic carbocycles. The number of hydrogen-bond acceptors (Lipinski definition) is 18. The molecule has 8 aromatic rings. The second kappa shape index (κ2) is 24.1. The van der Waals surface area contributed by atoms with Crippen LogP contribution in [0.15, 0.2) is 60.5 Å². The maximum atomic E-state index is 15.8. The summed E-state index contributed by atoms with van der Waals surface area (Å²) in [5.74, 6) is -3.67. The molecule has 2 aromatic carbocycles. The lowest BCUT2D eigenvalue weighted by Gasteiger charge is -2.35. The molecule has 13 rings (SSSR count). The molecule has 2 bridgehead atoms. The Morgan fingerprint density at radius 1 is 0.989 bits per heavy atom. The van der Waals surface area contributed by atoms with Crippen LogP contribution in [0.2, 0.25) is 0 Å². The molecule has 1 saturated carbocycles. The molecule has 5 fully saturated rings. The quantitative estimate of drug-likeness (QED) is 0.0307. The number of pyridine rings is 1. The van der Waals surface area contributed by atoms with E-state index in [0.29, 0.717) is 75.5 Å². The molecule has 0 spiro atoms. The first-order chi connectivity index (χ1) is 42.9. The lowest BCUT2D eigenvalue weighted by Crippen LogP contribution is -2.51. The van der Waals surface area contributed by atoms with Crippen LogP contribution >= 0.6 is 30.5 Å². The summed E-state index contributed by atoms with van der Waals surface area (Å²) in [5.41, 5.74) is 2.72. The fraction of sp³-hybridized carbons (Fsp3) is 0.517. The molecule has 4 aliphatic heterocycles. The maximum Gasteiger partial charge on any atom is 0.469 e. The van der Waals surface area contributed by atoms with Gasteiger partial charge in [-0.2, -0.15) is 28.2 Å². The van der Waals surface area contributed by atoms with Crippen LogP contribution in [0.3, 0.4) is 0 Å². The van der Waals surface area contributed by atoms with Gasteiger partial charge in [-0.3, -0.25) is 24.2 Å². The smallest absolute Gasteiger partial charge is 0.462 e. The second-order valence-corrected chi connectivity index (χ2v) is 28.3. The molecular weight excluding hydrogens is 1230 g/mol. The predicted octanol–water partition coefficient (Wildman–Crippen LogP) is 8.95. The fourth-order valence-corrected chi connectivity index (χ4v) is 16.2. The van der Waals surface area contributed by atoms with Gasteiger partial charge in [-0.1, -0.05) is 43.3 Å². The third kappa shape index (κ3) is 12.3. The second-order valence-electron chi connectivity index (χ2n) is 25.2. The van der Waals surface area contributed by atoms with Crippen molar-refractivity contribution in [3.63, 3.8) is 0 Å². The number of alkyl halides is 5. The van der Waals surface area contributed by atoms with E-state index in [1.165, 1.54) is 57.6 Å². The number of nitrogens with zero attached hydrogens (tertiary/aromatic N) is 11. The van der Waals surface area contributed by atoms with Gasteiger partial charge in [-0.15, -0.1) is 27.8 Å². The number of phosphoric ester groups is 1. The highest BCUT2D eigenvalue weighted by atomic mass is 32.1. The number of carbonyl (C=O) groups is 2. The van der Waals surface area contributed by atoms with Crippen LogP contribution in [0.4, 0.5) is 27.8 Å². The average molecular weight is 1300 g/mol. The molecule has 2 amide bonds. The molecule has 22 nitrogen and oxygen atoms in total. The van der Waals surface area contributed by atoms with E-state index in [-0.39, 0.29) is 84.7 Å². The number of nitrogens with one attached hydrogen (secondary N) is 3. The number of benzene rings is 2. The van der Waals surface area contributed by atoms with Crippen molar-refractivity contribution in [2.45, 2.75) is 127 Å². The summed E-state index contributed by atoms with van der Waals surface area (Å²) in [6, 6.07) is 7.47. The summed E-state index contributed by atoms with van der Waals surface area (Å²) in [6.07, 6.45) is 3.06. The minimum atomic E-state index is -4.95. The summed E-state index contributed by atoms with van der Waals surface area (Å²) in [4.78, 5) is 73.4. The number of thiazole rings is 1. The largest absolute Gasteiger partial charge is 0.469 e. The van der Waals surface area contributed by atoms with Crippen LogP contribution in [0, 0.1) is 31.1 Å². The van der Waals surface area contributed by atoms with Crippen molar-refractivity contribution < 1.29 is 60.3 Å². The number of aliphatic hydroxyl groups excluding tert-OH is 1. The fourth-order valence-electron chi connectivity index (χ4n) is 13.9. The molecule has 90 heavy (non-hydrogen) atoms. The Hall–Kier alpha value is -6.69. The van der Waals surface area contributed by atoms with Crippen molar-refractivity contribution >= 4 is 79.3 Å². The molecule has 478 valence electrons. The number of piperazine rings is 1. The van der Waals surface area contributed by atoms with Gasteiger partial charge in [0, 0.05) is 79.8 Å². The van der Waals surface area contributed by atoms with Crippen LogP contribution in [0.1, 0.15) is 99.0 Å². The number of phosphoric acid groups is 1. The van der Waals surface area contributed by atoms with E-state index in [9.17, 15) is 42.2 Å². The number of anilines is 1. The average Bonchev–Trinajstić information content (AvgIpc) is 1.53. The molecule has 4 saturated heterocycles. The molecule has 6 N–H and O–H groups in total. The van der Waals surface area contributed by atoms with Gasteiger partial charge < -0.3 is 45.0 Å². The first-order valence-corrected chi connectivity index (χ1v) is 33.4. The molecular formula is C60H68F5N14O8PS2. The Labute approximate surface area is 521 Å². The molecule has 0 radical (unpaired) electrons. The van der Waals surface area contributed by atoms with Gasteiger partial charge in [0.25, 0.3) is 5.92 Å². The molecule has 10 heterocycles. The number of ether oxygens (including phenoxy) is 1. The standard InChI is InChI=1S/C60H68F5N14O8PS2/c1-31(2)50(56(82)78-25-40(80)20-45(78)54(81)70-44(26-87-88(83,84)85)35-6-8-36(9-7-35)51-33(4)67-30-89-51)79-24-39(73-75-79)10-5-34-14-17-76(18-15-34)28-58(27-59(58,61)62)29-86-57-71-53(77-22-37-11-12-38(23-77)69-37)47-41-13-16-66-49(52(41)90-55(47)72-57)46-42-21-68-74-43(42)19-32(3)48(46)60(63,64)65/h6-9,13,16,19,21,24,30-31,34,37-38,40,44-45,50,69,80H,5,10-12,14-15,17-18,20,22-23,25-29H2,1-4H3,(H,68,74)(H,70,81)(H2,83,84,85)/t37?,38?,40-,44+,45+,50+,58-/m1/s1. The minimum Gasteiger partial charge on any atom is -0.462 e. The third-order valence-electron chi connectivity index (χ3n) is 18.6. The number of halogens is 5.